The maximum absolute atomic E-state index is 14.4. The van der Waals surface area contributed by atoms with E-state index in [2.05, 4.69) is 64.6 Å². The SMILES string of the molecule is CC(C)c1ccc(NC(=O)C2[C@H]3C=CC4(O3)C(C(=O)NC3CCCCC3)N(CCCN3CCN(Cc5ccccc5)CC3)C(=O)[C@@H]24)cc1. The summed E-state index contributed by atoms with van der Waals surface area (Å²) in [6, 6.07) is 17.8. The van der Waals surface area contributed by atoms with Crippen LogP contribution in [0.4, 0.5) is 5.69 Å². The van der Waals surface area contributed by atoms with Crippen molar-refractivity contribution in [2.24, 2.45) is 11.8 Å². The van der Waals surface area contributed by atoms with E-state index in [9.17, 15) is 14.4 Å². The third-order valence-electron chi connectivity index (χ3n) is 11.3. The molecule has 9 nitrogen and oxygen atoms in total. The molecule has 2 bridgehead atoms. The molecule has 3 unspecified atom stereocenters. The Hall–Kier alpha value is -3.53. The number of nitrogens with zero attached hydrogens (tertiary/aromatic N) is 3. The Morgan fingerprint density at radius 1 is 0.896 bits per heavy atom. The van der Waals surface area contributed by atoms with E-state index in [1.54, 1.807) is 4.90 Å². The maximum Gasteiger partial charge on any atom is 0.246 e. The van der Waals surface area contributed by atoms with Crippen LogP contribution in [0.25, 0.3) is 0 Å². The molecular weight excluding hydrogens is 602 g/mol. The first kappa shape index (κ1) is 33.0. The zero-order chi connectivity index (χ0) is 33.3. The van der Waals surface area contributed by atoms with Crippen molar-refractivity contribution in [3.8, 4) is 0 Å². The van der Waals surface area contributed by atoms with E-state index in [0.29, 0.717) is 18.2 Å². The van der Waals surface area contributed by atoms with Crippen molar-refractivity contribution in [1.82, 2.24) is 20.0 Å². The fraction of sp³-hybridized carbons (Fsp3) is 0.564. The number of hydrogen-bond donors (Lipinski definition) is 2. The van der Waals surface area contributed by atoms with Gasteiger partial charge in [-0.2, -0.15) is 0 Å². The number of nitrogens with one attached hydrogen (secondary N) is 2. The molecule has 2 aromatic rings. The fourth-order valence-corrected chi connectivity index (χ4v) is 8.69. The van der Waals surface area contributed by atoms with Gasteiger partial charge in [0.1, 0.15) is 11.6 Å². The Morgan fingerprint density at radius 2 is 1.60 bits per heavy atom. The molecule has 5 aliphatic rings. The third kappa shape index (κ3) is 6.57. The number of likely N-dealkylation sites (tertiary alicyclic amines) is 1. The molecule has 5 atom stereocenters. The van der Waals surface area contributed by atoms with Gasteiger partial charge >= 0.3 is 0 Å². The Kier molecular flexibility index (Phi) is 9.72. The molecule has 0 radical (unpaired) electrons. The van der Waals surface area contributed by atoms with Crippen LogP contribution in [-0.4, -0.2) is 95.5 Å². The second-order valence-corrected chi connectivity index (χ2v) is 14.8. The van der Waals surface area contributed by atoms with E-state index in [1.807, 2.05) is 36.4 Å². The van der Waals surface area contributed by atoms with Gasteiger partial charge in [-0.3, -0.25) is 19.3 Å². The molecule has 3 saturated heterocycles. The molecule has 2 aromatic carbocycles. The molecule has 1 spiro atoms. The van der Waals surface area contributed by atoms with Gasteiger partial charge in [0.25, 0.3) is 0 Å². The second-order valence-electron chi connectivity index (χ2n) is 14.8. The van der Waals surface area contributed by atoms with Gasteiger partial charge in [-0.15, -0.1) is 0 Å². The number of amides is 3. The summed E-state index contributed by atoms with van der Waals surface area (Å²) >= 11 is 0. The minimum absolute atomic E-state index is 0.112. The zero-order valence-electron chi connectivity index (χ0n) is 28.5. The van der Waals surface area contributed by atoms with Crippen LogP contribution in [-0.2, 0) is 25.7 Å². The van der Waals surface area contributed by atoms with E-state index in [-0.39, 0.29) is 23.8 Å². The number of hydrogen-bond acceptors (Lipinski definition) is 6. The lowest BCUT2D eigenvalue weighted by Gasteiger charge is -2.36. The molecule has 4 fully saturated rings. The number of piperazine rings is 1. The second kappa shape index (κ2) is 14.1. The fourth-order valence-electron chi connectivity index (χ4n) is 8.69. The highest BCUT2D eigenvalue weighted by Crippen LogP contribution is 2.55. The van der Waals surface area contributed by atoms with E-state index in [0.717, 1.165) is 71.4 Å². The molecule has 2 N–H and O–H groups in total. The summed E-state index contributed by atoms with van der Waals surface area (Å²) in [5.74, 6) is -1.56. The lowest BCUT2D eigenvalue weighted by molar-refractivity contribution is -0.141. The van der Waals surface area contributed by atoms with Gasteiger partial charge in [0, 0.05) is 51.0 Å². The van der Waals surface area contributed by atoms with Crippen molar-refractivity contribution in [3.05, 3.63) is 77.9 Å². The van der Waals surface area contributed by atoms with Crippen LogP contribution in [0, 0.1) is 11.8 Å². The van der Waals surface area contributed by atoms with Crippen LogP contribution in [0.2, 0.25) is 0 Å². The predicted octanol–water partition coefficient (Wildman–Crippen LogP) is 4.56. The number of benzene rings is 2. The number of ether oxygens (including phenoxy) is 1. The van der Waals surface area contributed by atoms with Crippen LogP contribution in [0.5, 0.6) is 0 Å². The van der Waals surface area contributed by atoms with Crippen LogP contribution in [0.3, 0.4) is 0 Å². The van der Waals surface area contributed by atoms with Crippen LogP contribution in [0.1, 0.15) is 69.4 Å². The predicted molar refractivity (Wildman–Crippen MR) is 186 cm³/mol. The lowest BCUT2D eigenvalue weighted by atomic mass is 9.74. The minimum atomic E-state index is -1.13. The lowest BCUT2D eigenvalue weighted by Crippen LogP contribution is -2.56. The molecule has 9 heteroatoms. The molecule has 1 saturated carbocycles. The highest BCUT2D eigenvalue weighted by molar-refractivity contribution is 6.02. The highest BCUT2D eigenvalue weighted by atomic mass is 16.5. The van der Waals surface area contributed by atoms with E-state index in [4.69, 9.17) is 4.74 Å². The molecule has 0 aromatic heterocycles. The van der Waals surface area contributed by atoms with Gasteiger partial charge < -0.3 is 25.2 Å². The summed E-state index contributed by atoms with van der Waals surface area (Å²) in [5.41, 5.74) is 2.10. The topological polar surface area (TPSA) is 94.2 Å². The maximum atomic E-state index is 14.4. The van der Waals surface area contributed by atoms with Gasteiger partial charge in [0.2, 0.25) is 17.7 Å². The molecule has 4 aliphatic heterocycles. The molecule has 4 heterocycles. The van der Waals surface area contributed by atoms with Crippen molar-refractivity contribution in [2.75, 3.05) is 44.6 Å². The Morgan fingerprint density at radius 3 is 2.31 bits per heavy atom. The number of anilines is 1. The first-order chi connectivity index (χ1) is 23.3. The molecule has 7 rings (SSSR count). The van der Waals surface area contributed by atoms with Crippen LogP contribution < -0.4 is 10.6 Å². The Bertz CT molecular complexity index is 1480. The largest absolute Gasteiger partial charge is 0.359 e. The number of rotatable bonds is 11. The van der Waals surface area contributed by atoms with E-state index < -0.39 is 29.6 Å². The first-order valence-electron chi connectivity index (χ1n) is 18.2. The van der Waals surface area contributed by atoms with Gasteiger partial charge in [-0.25, -0.2) is 0 Å². The van der Waals surface area contributed by atoms with E-state index >= 15 is 0 Å². The van der Waals surface area contributed by atoms with Gasteiger partial charge in [-0.05, 0) is 55.0 Å². The summed E-state index contributed by atoms with van der Waals surface area (Å²) in [4.78, 5) is 49.1. The molecule has 48 heavy (non-hydrogen) atoms. The summed E-state index contributed by atoms with van der Waals surface area (Å²) in [6.07, 6.45) is 9.34. The Labute approximate surface area is 285 Å². The quantitative estimate of drug-likeness (QED) is 0.346. The Balaban J connectivity index is 1.03. The highest BCUT2D eigenvalue weighted by Gasteiger charge is 2.72. The van der Waals surface area contributed by atoms with Crippen molar-refractivity contribution in [3.63, 3.8) is 0 Å². The minimum Gasteiger partial charge on any atom is -0.359 e. The van der Waals surface area contributed by atoms with Gasteiger partial charge in [0.05, 0.1) is 17.9 Å². The van der Waals surface area contributed by atoms with Gasteiger partial charge in [0.15, 0.2) is 0 Å². The summed E-state index contributed by atoms with van der Waals surface area (Å²) < 4.78 is 6.58. The average molecular weight is 654 g/mol. The monoisotopic (exact) mass is 653 g/mol. The van der Waals surface area contributed by atoms with Crippen molar-refractivity contribution < 1.29 is 19.1 Å². The summed E-state index contributed by atoms with van der Waals surface area (Å²) in [7, 11) is 0. The number of fused-ring (bicyclic) bond motifs is 1. The smallest absolute Gasteiger partial charge is 0.246 e. The normalized spacial score (nSPS) is 29.1. The van der Waals surface area contributed by atoms with Crippen molar-refractivity contribution in [2.45, 2.75) is 88.6 Å². The molecule has 3 amide bonds. The average Bonchev–Trinajstić information content (AvgIpc) is 3.74. The van der Waals surface area contributed by atoms with E-state index in [1.165, 1.54) is 17.5 Å². The standard InChI is InChI=1S/C39H51N5O4/c1-27(2)29-14-16-31(17-15-29)40-36(45)33-32-18-19-39(48-32)34(33)38(47)44(35(39)37(46)41-30-12-7-4-8-13-30)21-9-20-42-22-24-43(25-23-42)26-28-10-5-3-6-11-28/h3,5-6,10-11,14-19,27,30,32-35H,4,7-9,12-13,20-26H2,1-2H3,(H,40,45)(H,41,46)/t32-,33?,34-,35?,39?/m1/s1. The molecule has 1 aliphatic carbocycles. The van der Waals surface area contributed by atoms with Crippen molar-refractivity contribution in [1.29, 1.82) is 0 Å². The molecular formula is C39H51N5O4. The third-order valence-corrected chi connectivity index (χ3v) is 11.3. The number of carbonyl (C=O) groups is 3. The van der Waals surface area contributed by atoms with Crippen LogP contribution in [0.15, 0.2) is 66.7 Å². The van der Waals surface area contributed by atoms with Gasteiger partial charge in [-0.1, -0.05) is 87.7 Å². The van der Waals surface area contributed by atoms with Crippen molar-refractivity contribution >= 4 is 23.4 Å². The summed E-state index contributed by atoms with van der Waals surface area (Å²) in [6.45, 7) is 10.5. The number of carbonyl (C=O) groups excluding carboxylic acids is 3. The summed E-state index contributed by atoms with van der Waals surface area (Å²) in [5, 5.41) is 6.36. The van der Waals surface area contributed by atoms with Crippen LogP contribution >= 0.6 is 0 Å². The first-order valence-corrected chi connectivity index (χ1v) is 18.2. The zero-order valence-corrected chi connectivity index (χ0v) is 28.5. The molecule has 256 valence electrons.